The Bertz CT molecular complexity index is 1980. The Morgan fingerprint density at radius 2 is 1.02 bits per heavy atom. The first-order valence-corrected chi connectivity index (χ1v) is 13.7. The molecule has 0 N–H and O–H groups in total. The number of nitrogens with zero attached hydrogens (tertiary/aromatic N) is 4. The molecule has 41 heavy (non-hydrogen) atoms. The molecule has 192 valence electrons. The first kappa shape index (κ1) is 23.3. The third-order valence-electron chi connectivity index (χ3n) is 7.59. The van der Waals surface area contributed by atoms with E-state index in [0.717, 1.165) is 67.3 Å². The Labute approximate surface area is 238 Å². The van der Waals surface area contributed by atoms with Crippen LogP contribution in [0.4, 0.5) is 17.1 Å². The summed E-state index contributed by atoms with van der Waals surface area (Å²) >= 11 is 0. The van der Waals surface area contributed by atoms with Crippen LogP contribution < -0.4 is 4.90 Å². The van der Waals surface area contributed by atoms with Gasteiger partial charge in [0, 0.05) is 27.8 Å². The third-order valence-corrected chi connectivity index (χ3v) is 7.59. The fourth-order valence-corrected chi connectivity index (χ4v) is 5.72. The SMILES string of the molecule is c1ccc(-c2cc(-c3ccccc3)nc(-c3cc4cccc5c4c(n3)-c3ccccc3N5c3ccccc3)n2)cc1. The summed E-state index contributed by atoms with van der Waals surface area (Å²) in [7, 11) is 0. The fourth-order valence-electron chi connectivity index (χ4n) is 5.72. The number of hydrogen-bond donors (Lipinski definition) is 0. The van der Waals surface area contributed by atoms with Crippen LogP contribution in [0.3, 0.4) is 0 Å². The van der Waals surface area contributed by atoms with Gasteiger partial charge in [-0.1, -0.05) is 109 Å². The number of rotatable bonds is 4. The van der Waals surface area contributed by atoms with Crippen molar-refractivity contribution in [1.82, 2.24) is 15.0 Å². The van der Waals surface area contributed by atoms with Gasteiger partial charge in [0.15, 0.2) is 5.82 Å². The van der Waals surface area contributed by atoms with Crippen molar-refractivity contribution in [3.05, 3.63) is 146 Å². The summed E-state index contributed by atoms with van der Waals surface area (Å²) in [5.74, 6) is 0.608. The van der Waals surface area contributed by atoms with Crippen LogP contribution in [-0.2, 0) is 0 Å². The Morgan fingerprint density at radius 1 is 0.439 bits per heavy atom. The molecule has 0 unspecified atom stereocenters. The lowest BCUT2D eigenvalue weighted by Gasteiger charge is -2.33. The molecule has 0 aliphatic carbocycles. The monoisotopic (exact) mass is 524 g/mol. The lowest BCUT2D eigenvalue weighted by Crippen LogP contribution is -2.15. The van der Waals surface area contributed by atoms with E-state index in [4.69, 9.17) is 15.0 Å². The third kappa shape index (κ3) is 3.97. The van der Waals surface area contributed by atoms with Gasteiger partial charge >= 0.3 is 0 Å². The minimum Gasteiger partial charge on any atom is -0.309 e. The molecule has 4 nitrogen and oxygen atoms in total. The molecule has 0 amide bonds. The second kappa shape index (κ2) is 9.54. The highest BCUT2D eigenvalue weighted by atomic mass is 15.2. The van der Waals surface area contributed by atoms with Crippen LogP contribution in [0.15, 0.2) is 146 Å². The number of aromatic nitrogens is 3. The maximum absolute atomic E-state index is 5.29. The highest BCUT2D eigenvalue weighted by Crippen LogP contribution is 2.50. The molecule has 2 aromatic heterocycles. The van der Waals surface area contributed by atoms with Gasteiger partial charge in [-0.05, 0) is 41.8 Å². The minimum absolute atomic E-state index is 0.608. The van der Waals surface area contributed by atoms with Crippen molar-refractivity contribution in [1.29, 1.82) is 0 Å². The van der Waals surface area contributed by atoms with Crippen molar-refractivity contribution in [2.45, 2.75) is 0 Å². The molecule has 1 aliphatic heterocycles. The smallest absolute Gasteiger partial charge is 0.179 e. The number of anilines is 3. The molecule has 0 fully saturated rings. The van der Waals surface area contributed by atoms with E-state index in [0.29, 0.717) is 5.82 Å². The zero-order valence-electron chi connectivity index (χ0n) is 22.1. The van der Waals surface area contributed by atoms with Crippen LogP contribution in [0.5, 0.6) is 0 Å². The molecule has 0 saturated heterocycles. The first-order chi connectivity index (χ1) is 20.3. The zero-order valence-corrected chi connectivity index (χ0v) is 22.1. The summed E-state index contributed by atoms with van der Waals surface area (Å²) in [4.78, 5) is 17.7. The summed E-state index contributed by atoms with van der Waals surface area (Å²) in [5.41, 5.74) is 9.95. The molecular formula is C37H24N4. The summed E-state index contributed by atoms with van der Waals surface area (Å²) < 4.78 is 0. The van der Waals surface area contributed by atoms with Crippen molar-refractivity contribution in [2.75, 3.05) is 4.90 Å². The maximum Gasteiger partial charge on any atom is 0.179 e. The molecule has 0 bridgehead atoms. The van der Waals surface area contributed by atoms with Crippen molar-refractivity contribution >= 4 is 27.8 Å². The van der Waals surface area contributed by atoms with Crippen molar-refractivity contribution < 1.29 is 0 Å². The Kier molecular flexibility index (Phi) is 5.42. The van der Waals surface area contributed by atoms with E-state index in [2.05, 4.69) is 114 Å². The number of pyridine rings is 1. The number of hydrogen-bond acceptors (Lipinski definition) is 4. The lowest BCUT2D eigenvalue weighted by atomic mass is 9.94. The van der Waals surface area contributed by atoms with Crippen molar-refractivity contribution in [3.8, 4) is 45.3 Å². The Hall–Kier alpha value is -5.61. The molecule has 7 aromatic rings. The van der Waals surface area contributed by atoms with E-state index in [9.17, 15) is 0 Å². The molecule has 3 heterocycles. The molecule has 0 atom stereocenters. The molecule has 4 heteroatoms. The van der Waals surface area contributed by atoms with Crippen LogP contribution >= 0.6 is 0 Å². The molecule has 5 aromatic carbocycles. The highest BCUT2D eigenvalue weighted by molar-refractivity contribution is 6.13. The predicted octanol–water partition coefficient (Wildman–Crippen LogP) is 9.48. The average molecular weight is 525 g/mol. The van der Waals surface area contributed by atoms with Gasteiger partial charge in [0.1, 0.15) is 5.69 Å². The van der Waals surface area contributed by atoms with Crippen LogP contribution in [-0.4, -0.2) is 15.0 Å². The second-order valence-corrected chi connectivity index (χ2v) is 10.1. The van der Waals surface area contributed by atoms with E-state index < -0.39 is 0 Å². The van der Waals surface area contributed by atoms with Gasteiger partial charge in [0.05, 0.1) is 28.5 Å². The van der Waals surface area contributed by atoms with Crippen molar-refractivity contribution in [2.24, 2.45) is 0 Å². The fraction of sp³-hybridized carbons (Fsp3) is 0. The van der Waals surface area contributed by atoms with Crippen LogP contribution in [0.25, 0.3) is 56.1 Å². The molecule has 0 radical (unpaired) electrons. The van der Waals surface area contributed by atoms with Crippen LogP contribution in [0, 0.1) is 0 Å². The van der Waals surface area contributed by atoms with Crippen LogP contribution in [0.2, 0.25) is 0 Å². The zero-order chi connectivity index (χ0) is 27.2. The predicted molar refractivity (Wildman–Crippen MR) is 167 cm³/mol. The molecule has 0 spiro atoms. The van der Waals surface area contributed by atoms with Gasteiger partial charge < -0.3 is 4.90 Å². The number of fused-ring (bicyclic) bond motifs is 2. The molecule has 1 aliphatic rings. The maximum atomic E-state index is 5.29. The quantitative estimate of drug-likeness (QED) is 0.230. The van der Waals surface area contributed by atoms with Gasteiger partial charge in [0.25, 0.3) is 0 Å². The van der Waals surface area contributed by atoms with E-state index in [1.165, 1.54) is 0 Å². The van der Waals surface area contributed by atoms with E-state index in [1.807, 2.05) is 36.4 Å². The Morgan fingerprint density at radius 3 is 1.71 bits per heavy atom. The van der Waals surface area contributed by atoms with Gasteiger partial charge in [0.2, 0.25) is 0 Å². The Balaban J connectivity index is 1.38. The van der Waals surface area contributed by atoms with Gasteiger partial charge in [-0.3, -0.25) is 0 Å². The van der Waals surface area contributed by atoms with Gasteiger partial charge in [-0.25, -0.2) is 15.0 Å². The van der Waals surface area contributed by atoms with E-state index in [1.54, 1.807) is 0 Å². The minimum atomic E-state index is 0.608. The van der Waals surface area contributed by atoms with E-state index in [-0.39, 0.29) is 0 Å². The van der Waals surface area contributed by atoms with Gasteiger partial charge in [-0.2, -0.15) is 0 Å². The van der Waals surface area contributed by atoms with Gasteiger partial charge in [-0.15, -0.1) is 0 Å². The number of para-hydroxylation sites is 2. The normalized spacial score (nSPS) is 11.9. The molecular weight excluding hydrogens is 500 g/mol. The molecule has 0 saturated carbocycles. The lowest BCUT2D eigenvalue weighted by molar-refractivity contribution is 1.15. The summed E-state index contributed by atoms with van der Waals surface area (Å²) in [6, 6.07) is 50.1. The summed E-state index contributed by atoms with van der Waals surface area (Å²) in [5, 5.41) is 2.23. The number of benzene rings is 5. The van der Waals surface area contributed by atoms with E-state index >= 15 is 0 Å². The summed E-state index contributed by atoms with van der Waals surface area (Å²) in [6.45, 7) is 0. The second-order valence-electron chi connectivity index (χ2n) is 10.1. The summed E-state index contributed by atoms with van der Waals surface area (Å²) in [6.07, 6.45) is 0. The topological polar surface area (TPSA) is 41.9 Å². The molecule has 8 rings (SSSR count). The van der Waals surface area contributed by atoms with Crippen molar-refractivity contribution in [3.63, 3.8) is 0 Å². The standard InChI is InChI=1S/C37H24N4/c1-4-13-25(14-5-1)30-24-31(26-15-6-2-7-16-26)40-37(39-30)32-23-27-17-12-22-34-35(27)36(38-32)29-20-10-11-21-33(29)41(34)28-18-8-3-9-19-28/h1-24H. The largest absolute Gasteiger partial charge is 0.309 e. The first-order valence-electron chi connectivity index (χ1n) is 13.7. The average Bonchev–Trinajstić information content (AvgIpc) is 3.06. The highest BCUT2D eigenvalue weighted by Gasteiger charge is 2.27. The van der Waals surface area contributed by atoms with Crippen LogP contribution in [0.1, 0.15) is 0 Å².